The largest absolute Gasteiger partial charge is 0.508 e. The van der Waals surface area contributed by atoms with Gasteiger partial charge in [-0.25, -0.2) is 13.2 Å². The van der Waals surface area contributed by atoms with Gasteiger partial charge in [-0.15, -0.1) is 0 Å². The predicted molar refractivity (Wildman–Crippen MR) is 112 cm³/mol. The Bertz CT molecular complexity index is 1140. The number of rotatable bonds is 7. The third-order valence-electron chi connectivity index (χ3n) is 5.43. The maximum Gasteiger partial charge on any atom is 0.389 e. The molecule has 0 saturated heterocycles. The fourth-order valence-corrected chi connectivity index (χ4v) is 3.84. The molecular formula is C25H22F6O2. The fraction of sp³-hybridized carbons (Fsp3) is 0.280. The molecule has 3 rings (SSSR count). The summed E-state index contributed by atoms with van der Waals surface area (Å²) in [4.78, 5) is 0. The molecule has 0 fully saturated rings. The molecule has 176 valence electrons. The Labute approximate surface area is 187 Å². The highest BCUT2D eigenvalue weighted by atomic mass is 19.4. The van der Waals surface area contributed by atoms with E-state index >= 15 is 0 Å². The average molecular weight is 468 g/mol. The van der Waals surface area contributed by atoms with Gasteiger partial charge in [-0.2, -0.15) is 13.2 Å². The number of phenols is 2. The molecule has 0 saturated carbocycles. The molecule has 0 aliphatic heterocycles. The molecule has 0 radical (unpaired) electrons. The summed E-state index contributed by atoms with van der Waals surface area (Å²) in [5, 5.41) is 21.2. The second-order valence-corrected chi connectivity index (χ2v) is 7.82. The van der Waals surface area contributed by atoms with Crippen LogP contribution in [0.5, 0.6) is 11.5 Å². The molecule has 8 heteroatoms. The number of halogens is 6. The maximum atomic E-state index is 14.7. The van der Waals surface area contributed by atoms with E-state index in [1.54, 1.807) is 0 Å². The first kappa shape index (κ1) is 24.5. The Morgan fingerprint density at radius 1 is 0.727 bits per heavy atom. The Kier molecular flexibility index (Phi) is 7.25. The van der Waals surface area contributed by atoms with Gasteiger partial charge in [0.05, 0.1) is 0 Å². The molecule has 2 nitrogen and oxygen atoms in total. The summed E-state index contributed by atoms with van der Waals surface area (Å²) >= 11 is 0. The number of hydrogen-bond acceptors (Lipinski definition) is 2. The van der Waals surface area contributed by atoms with E-state index in [0.717, 1.165) is 24.3 Å². The smallest absolute Gasteiger partial charge is 0.389 e. The molecular weight excluding hydrogens is 446 g/mol. The van der Waals surface area contributed by atoms with Gasteiger partial charge in [0.25, 0.3) is 0 Å². The van der Waals surface area contributed by atoms with Crippen molar-refractivity contribution in [2.75, 3.05) is 0 Å². The minimum atomic E-state index is -4.51. The summed E-state index contributed by atoms with van der Waals surface area (Å²) in [7, 11) is 0. The molecule has 0 bridgehead atoms. The van der Waals surface area contributed by atoms with E-state index in [4.69, 9.17) is 0 Å². The van der Waals surface area contributed by atoms with Gasteiger partial charge in [-0.1, -0.05) is 31.5 Å². The van der Waals surface area contributed by atoms with Crippen molar-refractivity contribution in [1.82, 2.24) is 0 Å². The number of aromatic hydroxyl groups is 2. The zero-order valence-electron chi connectivity index (χ0n) is 17.7. The van der Waals surface area contributed by atoms with E-state index in [1.165, 1.54) is 24.3 Å². The Morgan fingerprint density at radius 3 is 1.73 bits per heavy atom. The van der Waals surface area contributed by atoms with Gasteiger partial charge in [-0.05, 0) is 59.9 Å². The molecule has 0 aromatic heterocycles. The third kappa shape index (κ3) is 5.61. The van der Waals surface area contributed by atoms with Gasteiger partial charge >= 0.3 is 6.18 Å². The minimum absolute atomic E-state index is 0.0758. The van der Waals surface area contributed by atoms with Gasteiger partial charge in [0, 0.05) is 23.5 Å². The van der Waals surface area contributed by atoms with Crippen LogP contribution in [0.25, 0.3) is 0 Å². The second kappa shape index (κ2) is 9.77. The highest BCUT2D eigenvalue weighted by Gasteiger charge is 2.30. The molecule has 2 N–H and O–H groups in total. The van der Waals surface area contributed by atoms with Crippen LogP contribution >= 0.6 is 0 Å². The summed E-state index contributed by atoms with van der Waals surface area (Å²) in [5.74, 6) is -4.74. The van der Waals surface area contributed by atoms with Crippen LogP contribution in [0.4, 0.5) is 26.3 Å². The molecule has 1 atom stereocenters. The molecule has 0 aliphatic rings. The molecule has 0 spiro atoms. The first-order valence-corrected chi connectivity index (χ1v) is 10.4. The Balaban J connectivity index is 2.18. The number of alkyl halides is 3. The fourth-order valence-electron chi connectivity index (χ4n) is 3.84. The molecule has 1 unspecified atom stereocenters. The molecule has 3 aromatic carbocycles. The zero-order valence-corrected chi connectivity index (χ0v) is 17.7. The van der Waals surface area contributed by atoms with E-state index in [2.05, 4.69) is 0 Å². The SMILES string of the molecule is CCCc1cc(O)c(C(c2cc(F)c(CCC(F)(F)F)cc2O)c2ccccc2F)cc1F. The lowest BCUT2D eigenvalue weighted by molar-refractivity contribution is -0.134. The average Bonchev–Trinajstić information content (AvgIpc) is 2.73. The second-order valence-electron chi connectivity index (χ2n) is 7.82. The van der Waals surface area contributed by atoms with Crippen LogP contribution in [0.1, 0.15) is 53.5 Å². The van der Waals surface area contributed by atoms with Crippen molar-refractivity contribution in [3.05, 3.63) is 93.8 Å². The quantitative estimate of drug-likeness (QED) is 0.286. The number of aryl methyl sites for hydroxylation is 2. The van der Waals surface area contributed by atoms with Crippen molar-refractivity contribution in [3.63, 3.8) is 0 Å². The van der Waals surface area contributed by atoms with Crippen LogP contribution in [0.2, 0.25) is 0 Å². The number of benzene rings is 3. The zero-order chi connectivity index (χ0) is 24.3. The van der Waals surface area contributed by atoms with E-state index in [-0.39, 0.29) is 33.6 Å². The summed E-state index contributed by atoms with van der Waals surface area (Å²) in [5.41, 5.74) is -0.534. The van der Waals surface area contributed by atoms with Gasteiger partial charge < -0.3 is 10.2 Å². The molecule has 3 aromatic rings. The molecule has 0 heterocycles. The molecule has 0 amide bonds. The summed E-state index contributed by atoms with van der Waals surface area (Å²) < 4.78 is 81.8. The lowest BCUT2D eigenvalue weighted by Crippen LogP contribution is -2.11. The van der Waals surface area contributed by atoms with E-state index in [0.29, 0.717) is 12.8 Å². The first-order chi connectivity index (χ1) is 15.5. The van der Waals surface area contributed by atoms with Crippen LogP contribution < -0.4 is 0 Å². The lowest BCUT2D eigenvalue weighted by Gasteiger charge is -2.23. The van der Waals surface area contributed by atoms with Gasteiger partial charge in [0.1, 0.15) is 29.0 Å². The van der Waals surface area contributed by atoms with Gasteiger partial charge in [0.15, 0.2) is 0 Å². The Hall–Kier alpha value is -3.16. The summed E-state index contributed by atoms with van der Waals surface area (Å²) in [6.45, 7) is 1.83. The van der Waals surface area contributed by atoms with Crippen molar-refractivity contribution in [3.8, 4) is 11.5 Å². The summed E-state index contributed by atoms with van der Waals surface area (Å²) in [6.07, 6.45) is -5.54. The predicted octanol–water partition coefficient (Wildman–Crippen LogP) is 7.14. The van der Waals surface area contributed by atoms with Crippen LogP contribution in [0, 0.1) is 17.5 Å². The standard InChI is InChI=1S/C25H22F6O2/c1-2-5-14-10-22(32)17(12-20(14)27)24(16-6-3-4-7-19(16)26)18-13-21(28)15(11-23(18)33)8-9-25(29,30)31/h3-4,6-7,10-13,24,32-33H,2,5,8-9H2,1H3. The first-order valence-electron chi connectivity index (χ1n) is 10.4. The Morgan fingerprint density at radius 2 is 1.24 bits per heavy atom. The monoisotopic (exact) mass is 468 g/mol. The summed E-state index contributed by atoms with van der Waals surface area (Å²) in [6, 6.07) is 9.20. The number of hydrogen-bond donors (Lipinski definition) is 2. The van der Waals surface area contributed by atoms with Crippen LogP contribution in [0.3, 0.4) is 0 Å². The van der Waals surface area contributed by atoms with Crippen LogP contribution in [0.15, 0.2) is 48.5 Å². The van der Waals surface area contributed by atoms with Crippen LogP contribution in [-0.4, -0.2) is 16.4 Å². The van der Waals surface area contributed by atoms with E-state index in [1.807, 2.05) is 6.92 Å². The van der Waals surface area contributed by atoms with Crippen molar-refractivity contribution < 1.29 is 36.6 Å². The van der Waals surface area contributed by atoms with E-state index in [9.17, 15) is 36.6 Å². The van der Waals surface area contributed by atoms with Crippen molar-refractivity contribution in [2.45, 2.75) is 44.7 Å². The van der Waals surface area contributed by atoms with Gasteiger partial charge in [0.2, 0.25) is 0 Å². The molecule has 0 aliphatic carbocycles. The highest BCUT2D eigenvalue weighted by molar-refractivity contribution is 5.54. The van der Waals surface area contributed by atoms with Gasteiger partial charge in [-0.3, -0.25) is 0 Å². The van der Waals surface area contributed by atoms with Crippen molar-refractivity contribution in [1.29, 1.82) is 0 Å². The molecule has 33 heavy (non-hydrogen) atoms. The topological polar surface area (TPSA) is 40.5 Å². The third-order valence-corrected chi connectivity index (χ3v) is 5.43. The van der Waals surface area contributed by atoms with E-state index < -0.39 is 48.1 Å². The maximum absolute atomic E-state index is 14.7. The van der Waals surface area contributed by atoms with Crippen molar-refractivity contribution in [2.24, 2.45) is 0 Å². The highest BCUT2D eigenvalue weighted by Crippen LogP contribution is 2.43. The normalized spacial score (nSPS) is 12.7. The lowest BCUT2D eigenvalue weighted by atomic mass is 9.82. The number of phenolic OH excluding ortho intramolecular Hbond substituents is 2. The van der Waals surface area contributed by atoms with Crippen LogP contribution in [-0.2, 0) is 12.8 Å². The van der Waals surface area contributed by atoms with Crippen molar-refractivity contribution >= 4 is 0 Å². The minimum Gasteiger partial charge on any atom is -0.508 e.